The van der Waals surface area contributed by atoms with Crippen LogP contribution in [0.2, 0.25) is 0 Å². The van der Waals surface area contributed by atoms with E-state index in [0.717, 1.165) is 5.92 Å². The van der Waals surface area contributed by atoms with Crippen LogP contribution in [0.4, 0.5) is 0 Å². The maximum Gasteiger partial charge on any atom is -0.0326 e. The molecule has 0 nitrogen and oxygen atoms in total. The van der Waals surface area contributed by atoms with E-state index in [1.807, 2.05) is 0 Å². The van der Waals surface area contributed by atoms with Crippen molar-refractivity contribution in [2.24, 2.45) is 11.3 Å². The third-order valence-electron chi connectivity index (χ3n) is 3.25. The van der Waals surface area contributed by atoms with Gasteiger partial charge in [-0.05, 0) is 24.2 Å². The summed E-state index contributed by atoms with van der Waals surface area (Å²) in [7, 11) is 0. The highest BCUT2D eigenvalue weighted by atomic mass is 14.3. The van der Waals surface area contributed by atoms with E-state index < -0.39 is 0 Å². The summed E-state index contributed by atoms with van der Waals surface area (Å²) >= 11 is 0. The normalized spacial score (nSPS) is 18.8. The van der Waals surface area contributed by atoms with Gasteiger partial charge in [-0.15, -0.1) is 0 Å². The fourth-order valence-electron chi connectivity index (χ4n) is 2.01. The van der Waals surface area contributed by atoms with Crippen LogP contribution in [0.15, 0.2) is 0 Å². The number of rotatable bonds is 6. The smallest absolute Gasteiger partial charge is 0.0326 e. The van der Waals surface area contributed by atoms with E-state index in [9.17, 15) is 0 Å². The molecule has 0 aliphatic carbocycles. The highest BCUT2D eigenvalue weighted by molar-refractivity contribution is 4.74. The quantitative estimate of drug-likeness (QED) is 0.545. The van der Waals surface area contributed by atoms with Gasteiger partial charge in [0, 0.05) is 0 Å². The van der Waals surface area contributed by atoms with Crippen LogP contribution in [0, 0.1) is 11.3 Å². The Labute approximate surface area is 78.8 Å². The summed E-state index contributed by atoms with van der Waals surface area (Å²) in [5.41, 5.74) is 0.615. The summed E-state index contributed by atoms with van der Waals surface area (Å²) in [5, 5.41) is 0. The van der Waals surface area contributed by atoms with E-state index in [1.165, 1.54) is 32.1 Å². The molecule has 0 aliphatic heterocycles. The van der Waals surface area contributed by atoms with E-state index in [2.05, 4.69) is 34.6 Å². The van der Waals surface area contributed by atoms with Crippen molar-refractivity contribution in [1.82, 2.24) is 0 Å². The van der Waals surface area contributed by atoms with Gasteiger partial charge in [0.25, 0.3) is 0 Å². The average molecular weight is 170 g/mol. The first-order chi connectivity index (χ1) is 5.58. The monoisotopic (exact) mass is 170 g/mol. The van der Waals surface area contributed by atoms with Gasteiger partial charge >= 0.3 is 0 Å². The fraction of sp³-hybridized carbons (Fsp3) is 1.00. The van der Waals surface area contributed by atoms with Crippen LogP contribution in [0.25, 0.3) is 0 Å². The molecule has 2 unspecified atom stereocenters. The summed E-state index contributed by atoms with van der Waals surface area (Å²) in [6.45, 7) is 11.8. The zero-order valence-electron chi connectivity index (χ0n) is 9.61. The standard InChI is InChI=1S/C12H26/c1-6-9-12(5,8-3)10-11(4)7-2/h11H,6-10H2,1-5H3. The number of hydrogen-bond donors (Lipinski definition) is 0. The Bertz CT molecular complexity index is 107. The molecular weight excluding hydrogens is 144 g/mol. The van der Waals surface area contributed by atoms with Crippen molar-refractivity contribution in [3.05, 3.63) is 0 Å². The molecule has 0 spiro atoms. The van der Waals surface area contributed by atoms with E-state index >= 15 is 0 Å². The van der Waals surface area contributed by atoms with E-state index in [-0.39, 0.29) is 0 Å². The predicted molar refractivity (Wildman–Crippen MR) is 57.4 cm³/mol. The van der Waals surface area contributed by atoms with Crippen LogP contribution in [-0.2, 0) is 0 Å². The van der Waals surface area contributed by atoms with Crippen molar-refractivity contribution >= 4 is 0 Å². The molecule has 0 radical (unpaired) electrons. The van der Waals surface area contributed by atoms with Crippen molar-refractivity contribution in [3.63, 3.8) is 0 Å². The molecular formula is C12H26. The molecule has 0 rings (SSSR count). The lowest BCUT2D eigenvalue weighted by Crippen LogP contribution is -2.18. The molecule has 0 bridgehead atoms. The third-order valence-corrected chi connectivity index (χ3v) is 3.25. The largest absolute Gasteiger partial charge is 0.0654 e. The van der Waals surface area contributed by atoms with Gasteiger partial charge in [0.2, 0.25) is 0 Å². The lowest BCUT2D eigenvalue weighted by Gasteiger charge is -2.30. The molecule has 74 valence electrons. The van der Waals surface area contributed by atoms with E-state index in [1.54, 1.807) is 0 Å². The summed E-state index contributed by atoms with van der Waals surface area (Å²) < 4.78 is 0. The maximum absolute atomic E-state index is 2.45. The van der Waals surface area contributed by atoms with Crippen LogP contribution in [0.3, 0.4) is 0 Å². The minimum absolute atomic E-state index is 0.615. The summed E-state index contributed by atoms with van der Waals surface area (Å²) in [4.78, 5) is 0. The lowest BCUT2D eigenvalue weighted by atomic mass is 9.75. The van der Waals surface area contributed by atoms with Crippen LogP contribution in [0.1, 0.15) is 66.7 Å². The summed E-state index contributed by atoms with van der Waals surface area (Å²) in [5.74, 6) is 0.904. The SMILES string of the molecule is CCCC(C)(CC)CC(C)CC. The topological polar surface area (TPSA) is 0 Å². The van der Waals surface area contributed by atoms with Crippen LogP contribution < -0.4 is 0 Å². The molecule has 0 aromatic rings. The summed E-state index contributed by atoms with van der Waals surface area (Å²) in [6.07, 6.45) is 6.81. The second-order valence-electron chi connectivity index (χ2n) is 4.63. The molecule has 0 aliphatic rings. The predicted octanol–water partition coefficient (Wildman–Crippen LogP) is 4.64. The Balaban J connectivity index is 3.94. The van der Waals surface area contributed by atoms with Gasteiger partial charge in [-0.3, -0.25) is 0 Å². The first-order valence-electron chi connectivity index (χ1n) is 5.58. The Morgan fingerprint density at radius 3 is 2.08 bits per heavy atom. The first kappa shape index (κ1) is 12.0. The Morgan fingerprint density at radius 2 is 1.75 bits per heavy atom. The molecule has 0 N–H and O–H groups in total. The molecule has 0 saturated heterocycles. The second-order valence-corrected chi connectivity index (χ2v) is 4.63. The van der Waals surface area contributed by atoms with Gasteiger partial charge < -0.3 is 0 Å². The van der Waals surface area contributed by atoms with Gasteiger partial charge in [-0.2, -0.15) is 0 Å². The first-order valence-corrected chi connectivity index (χ1v) is 5.58. The van der Waals surface area contributed by atoms with Crippen molar-refractivity contribution < 1.29 is 0 Å². The molecule has 12 heavy (non-hydrogen) atoms. The lowest BCUT2D eigenvalue weighted by molar-refractivity contribution is 0.214. The minimum atomic E-state index is 0.615. The zero-order valence-corrected chi connectivity index (χ0v) is 9.61. The van der Waals surface area contributed by atoms with Crippen molar-refractivity contribution in [2.75, 3.05) is 0 Å². The summed E-state index contributed by atoms with van der Waals surface area (Å²) in [6, 6.07) is 0. The fourth-order valence-corrected chi connectivity index (χ4v) is 2.01. The third kappa shape index (κ3) is 4.13. The van der Waals surface area contributed by atoms with Gasteiger partial charge in [-0.1, -0.05) is 53.9 Å². The zero-order chi connectivity index (χ0) is 9.61. The van der Waals surface area contributed by atoms with Gasteiger partial charge in [0.15, 0.2) is 0 Å². The Kier molecular flexibility index (Phi) is 5.61. The van der Waals surface area contributed by atoms with Crippen LogP contribution in [0.5, 0.6) is 0 Å². The molecule has 0 saturated carbocycles. The van der Waals surface area contributed by atoms with Crippen LogP contribution in [-0.4, -0.2) is 0 Å². The maximum atomic E-state index is 2.45. The van der Waals surface area contributed by atoms with E-state index in [4.69, 9.17) is 0 Å². The molecule has 0 heteroatoms. The molecule has 2 atom stereocenters. The van der Waals surface area contributed by atoms with E-state index in [0.29, 0.717) is 5.41 Å². The molecule has 0 fully saturated rings. The molecule has 0 heterocycles. The average Bonchev–Trinajstić information content (AvgIpc) is 2.05. The van der Waals surface area contributed by atoms with Crippen LogP contribution >= 0.6 is 0 Å². The van der Waals surface area contributed by atoms with Crippen molar-refractivity contribution in [1.29, 1.82) is 0 Å². The van der Waals surface area contributed by atoms with Gasteiger partial charge in [-0.25, -0.2) is 0 Å². The minimum Gasteiger partial charge on any atom is -0.0654 e. The Hall–Kier alpha value is 0. The van der Waals surface area contributed by atoms with Crippen molar-refractivity contribution in [2.45, 2.75) is 66.7 Å². The highest BCUT2D eigenvalue weighted by Crippen LogP contribution is 2.35. The Morgan fingerprint density at radius 1 is 1.17 bits per heavy atom. The van der Waals surface area contributed by atoms with Gasteiger partial charge in [0.05, 0.1) is 0 Å². The second kappa shape index (κ2) is 5.61. The molecule has 0 aromatic carbocycles. The molecule has 0 aromatic heterocycles. The van der Waals surface area contributed by atoms with Crippen molar-refractivity contribution in [3.8, 4) is 0 Å². The highest BCUT2D eigenvalue weighted by Gasteiger charge is 2.22. The number of hydrogen-bond acceptors (Lipinski definition) is 0. The molecule has 0 amide bonds. The van der Waals surface area contributed by atoms with Gasteiger partial charge in [0.1, 0.15) is 0 Å².